The normalized spacial score (nSPS) is 13.0. The summed E-state index contributed by atoms with van der Waals surface area (Å²) in [5.74, 6) is 0.512. The van der Waals surface area contributed by atoms with E-state index < -0.39 is 0 Å². The van der Waals surface area contributed by atoms with Gasteiger partial charge in [0.2, 0.25) is 0 Å². The molecule has 0 aliphatic carbocycles. The molecular weight excluding hydrogens is 290 g/mol. The minimum Gasteiger partial charge on any atom is -0.381 e. The Hall–Kier alpha value is -1.76. The van der Waals surface area contributed by atoms with Gasteiger partial charge in [0.05, 0.1) is 0 Å². The van der Waals surface area contributed by atoms with Gasteiger partial charge in [0.1, 0.15) is 0 Å². The predicted molar refractivity (Wildman–Crippen MR) is 110 cm³/mol. The van der Waals surface area contributed by atoms with Gasteiger partial charge < -0.3 is 5.32 Å². The monoisotopic (exact) mass is 327 g/mol. The van der Waals surface area contributed by atoms with Gasteiger partial charge in [-0.3, -0.25) is 0 Å². The Balaban J connectivity index is 0.00000254. The molecule has 1 atom stereocenters. The first-order valence-corrected chi connectivity index (χ1v) is 9.31. The lowest BCUT2D eigenvalue weighted by atomic mass is 9.94. The maximum Gasteiger partial charge on any atom is 0.0400 e. The van der Waals surface area contributed by atoms with E-state index in [2.05, 4.69) is 82.9 Å². The van der Waals surface area contributed by atoms with Crippen molar-refractivity contribution in [2.45, 2.75) is 67.9 Å². The lowest BCUT2D eigenvalue weighted by Gasteiger charge is -2.15. The smallest absolute Gasteiger partial charge is 0.0400 e. The first-order valence-electron chi connectivity index (χ1n) is 9.31. The van der Waals surface area contributed by atoms with Gasteiger partial charge in [-0.15, -0.1) is 0 Å². The highest BCUT2D eigenvalue weighted by atomic mass is 14.9. The van der Waals surface area contributed by atoms with Crippen LogP contribution in [0.25, 0.3) is 0 Å². The topological polar surface area (TPSA) is 12.0 Å². The fraction of sp³-hybridized carbons (Fsp3) is 0.478. The van der Waals surface area contributed by atoms with Crippen molar-refractivity contribution < 1.29 is 0 Å². The number of benzene rings is 1. The third-order valence-electron chi connectivity index (χ3n) is 4.10. The van der Waals surface area contributed by atoms with Crippen molar-refractivity contribution in [2.24, 2.45) is 5.92 Å². The van der Waals surface area contributed by atoms with Gasteiger partial charge in [-0.25, -0.2) is 0 Å². The van der Waals surface area contributed by atoms with Crippen LogP contribution in [0.2, 0.25) is 0 Å². The number of rotatable bonds is 8. The van der Waals surface area contributed by atoms with Gasteiger partial charge in [-0.2, -0.15) is 0 Å². The Morgan fingerprint density at radius 3 is 2.21 bits per heavy atom. The molecule has 0 saturated carbocycles. The van der Waals surface area contributed by atoms with Crippen LogP contribution in [0, 0.1) is 12.8 Å². The summed E-state index contributed by atoms with van der Waals surface area (Å²) in [7, 11) is 0. The van der Waals surface area contributed by atoms with E-state index in [-0.39, 0.29) is 0 Å². The van der Waals surface area contributed by atoms with Crippen LogP contribution in [-0.4, -0.2) is 0 Å². The summed E-state index contributed by atoms with van der Waals surface area (Å²) in [6.45, 7) is 19.9. The van der Waals surface area contributed by atoms with Gasteiger partial charge in [-0.05, 0) is 50.7 Å². The maximum absolute atomic E-state index is 4.18. The molecule has 1 aromatic rings. The van der Waals surface area contributed by atoms with Gasteiger partial charge in [0, 0.05) is 12.2 Å². The second-order valence-electron chi connectivity index (χ2n) is 6.04. The standard InChI is InChI=1S/C21H31N.C2H6/c1-7-9-17(4)21(8-2)14-18(5)19(6)22-15-20-12-10-16(3)11-13-20;1-2/h9-14,21-22H,6-8,15H2,1-5H3;1-2H3/b17-9-,18-14+;. The molecule has 1 unspecified atom stereocenters. The van der Waals surface area contributed by atoms with Crippen molar-refractivity contribution in [3.8, 4) is 0 Å². The molecule has 1 N–H and O–H groups in total. The molecule has 1 rings (SSSR count). The quantitative estimate of drug-likeness (QED) is 0.402. The van der Waals surface area contributed by atoms with Gasteiger partial charge in [0.15, 0.2) is 0 Å². The molecule has 1 aromatic carbocycles. The number of allylic oxidation sites excluding steroid dienone is 4. The molecule has 0 amide bonds. The van der Waals surface area contributed by atoms with Gasteiger partial charge in [-0.1, -0.05) is 81.8 Å². The third-order valence-corrected chi connectivity index (χ3v) is 4.10. The number of aryl methyl sites for hydroxylation is 1. The average molecular weight is 328 g/mol. The minimum absolute atomic E-state index is 0.512. The Morgan fingerprint density at radius 2 is 1.71 bits per heavy atom. The van der Waals surface area contributed by atoms with E-state index in [9.17, 15) is 0 Å². The molecule has 134 valence electrons. The summed E-state index contributed by atoms with van der Waals surface area (Å²) < 4.78 is 0. The summed E-state index contributed by atoms with van der Waals surface area (Å²) in [5, 5.41) is 3.44. The van der Waals surface area contributed by atoms with Crippen molar-refractivity contribution in [1.82, 2.24) is 5.32 Å². The molecule has 0 spiro atoms. The van der Waals surface area contributed by atoms with Crippen molar-refractivity contribution in [3.63, 3.8) is 0 Å². The minimum atomic E-state index is 0.512. The van der Waals surface area contributed by atoms with Crippen LogP contribution in [0.5, 0.6) is 0 Å². The largest absolute Gasteiger partial charge is 0.381 e. The summed E-state index contributed by atoms with van der Waals surface area (Å²) in [5.41, 5.74) is 6.29. The molecule has 0 heterocycles. The third kappa shape index (κ3) is 8.19. The summed E-state index contributed by atoms with van der Waals surface area (Å²) in [6.07, 6.45) is 6.89. The zero-order valence-corrected chi connectivity index (χ0v) is 16.9. The maximum atomic E-state index is 4.18. The van der Waals surface area contributed by atoms with Crippen LogP contribution in [0.4, 0.5) is 0 Å². The first-order chi connectivity index (χ1) is 11.5. The highest BCUT2D eigenvalue weighted by Gasteiger charge is 2.07. The molecule has 0 fully saturated rings. The van der Waals surface area contributed by atoms with E-state index in [0.29, 0.717) is 5.92 Å². The highest BCUT2D eigenvalue weighted by Crippen LogP contribution is 2.20. The Bertz CT molecular complexity index is 532. The molecule has 1 nitrogen and oxygen atoms in total. The second-order valence-corrected chi connectivity index (χ2v) is 6.04. The molecule has 0 saturated heterocycles. The van der Waals surface area contributed by atoms with Crippen LogP contribution in [-0.2, 0) is 6.54 Å². The highest BCUT2D eigenvalue weighted by molar-refractivity contribution is 5.29. The Morgan fingerprint density at radius 1 is 1.12 bits per heavy atom. The molecule has 0 aliphatic heterocycles. The molecule has 24 heavy (non-hydrogen) atoms. The SMILES string of the molecule is C=C(NCc1ccc(C)cc1)/C(C)=C/C(CC)/C(C)=C\CC.CC. The fourth-order valence-electron chi connectivity index (χ4n) is 2.50. The van der Waals surface area contributed by atoms with Crippen molar-refractivity contribution >= 4 is 0 Å². The van der Waals surface area contributed by atoms with E-state index in [1.165, 1.54) is 22.3 Å². The van der Waals surface area contributed by atoms with E-state index >= 15 is 0 Å². The average Bonchev–Trinajstić information content (AvgIpc) is 2.60. The van der Waals surface area contributed by atoms with E-state index in [4.69, 9.17) is 0 Å². The fourth-order valence-corrected chi connectivity index (χ4v) is 2.50. The number of hydrogen-bond donors (Lipinski definition) is 1. The molecule has 0 radical (unpaired) electrons. The predicted octanol–water partition coefficient (Wildman–Crippen LogP) is 6.95. The molecule has 0 aliphatic rings. The molecule has 1 heteroatoms. The van der Waals surface area contributed by atoms with Gasteiger partial charge >= 0.3 is 0 Å². The van der Waals surface area contributed by atoms with Gasteiger partial charge in [0.25, 0.3) is 0 Å². The van der Waals surface area contributed by atoms with Crippen LogP contribution < -0.4 is 5.32 Å². The van der Waals surface area contributed by atoms with Crippen molar-refractivity contribution in [2.75, 3.05) is 0 Å². The Labute approximate surface area is 150 Å². The van der Waals surface area contributed by atoms with Crippen molar-refractivity contribution in [1.29, 1.82) is 0 Å². The van der Waals surface area contributed by atoms with Crippen molar-refractivity contribution in [3.05, 3.63) is 71.0 Å². The van der Waals surface area contributed by atoms with Crippen LogP contribution in [0.1, 0.15) is 65.5 Å². The second kappa shape index (κ2) is 12.6. The van der Waals surface area contributed by atoms with Crippen LogP contribution in [0.15, 0.2) is 59.8 Å². The summed E-state index contributed by atoms with van der Waals surface area (Å²) >= 11 is 0. The van der Waals surface area contributed by atoms with Crippen LogP contribution in [0.3, 0.4) is 0 Å². The lowest BCUT2D eigenvalue weighted by Crippen LogP contribution is -2.13. The van der Waals surface area contributed by atoms with E-state index in [0.717, 1.165) is 25.1 Å². The number of nitrogens with one attached hydrogen (secondary N) is 1. The summed E-state index contributed by atoms with van der Waals surface area (Å²) in [6, 6.07) is 8.62. The summed E-state index contributed by atoms with van der Waals surface area (Å²) in [4.78, 5) is 0. The zero-order chi connectivity index (χ0) is 18.5. The van der Waals surface area contributed by atoms with Crippen LogP contribution >= 0.6 is 0 Å². The zero-order valence-electron chi connectivity index (χ0n) is 16.9. The number of hydrogen-bond acceptors (Lipinski definition) is 1. The Kier molecular flexibility index (Phi) is 11.7. The van der Waals surface area contributed by atoms with E-state index in [1.54, 1.807) is 0 Å². The molecular formula is C23H37N. The first kappa shape index (κ1) is 22.2. The van der Waals surface area contributed by atoms with E-state index in [1.807, 2.05) is 13.8 Å². The molecule has 0 aromatic heterocycles. The molecule has 0 bridgehead atoms. The lowest BCUT2D eigenvalue weighted by molar-refractivity contribution is 0.713.